The lowest BCUT2D eigenvalue weighted by atomic mass is 10.0. The first-order valence-electron chi connectivity index (χ1n) is 9.91. The van der Waals surface area contributed by atoms with Gasteiger partial charge in [-0.25, -0.2) is 0 Å². The van der Waals surface area contributed by atoms with Crippen LogP contribution in [0.3, 0.4) is 0 Å². The van der Waals surface area contributed by atoms with Crippen LogP contribution in [0, 0.1) is 0 Å². The Morgan fingerprint density at radius 1 is 1.08 bits per heavy atom. The van der Waals surface area contributed by atoms with Crippen LogP contribution in [0.15, 0.2) is 41.4 Å². The molecule has 0 bridgehead atoms. The average molecular weight is 374 g/mol. The number of carbonyl (C=O) groups is 2. The van der Waals surface area contributed by atoms with Gasteiger partial charge in [0.15, 0.2) is 17.6 Å². The van der Waals surface area contributed by atoms with E-state index < -0.39 is 6.04 Å². The molecule has 3 nitrogen and oxygen atoms in total. The normalized spacial score (nSPS) is 16.9. The number of benzene rings is 1. The molecule has 1 unspecified atom stereocenters. The quantitative estimate of drug-likeness (QED) is 0.263. The van der Waals surface area contributed by atoms with Crippen molar-refractivity contribution in [1.82, 2.24) is 4.31 Å². The van der Waals surface area contributed by atoms with E-state index in [4.69, 9.17) is 0 Å². The van der Waals surface area contributed by atoms with Crippen molar-refractivity contribution >= 4 is 23.5 Å². The third kappa shape index (κ3) is 6.01. The maximum Gasteiger partial charge on any atom is 0.194 e. The van der Waals surface area contributed by atoms with Gasteiger partial charge in [-0.2, -0.15) is 0 Å². The van der Waals surface area contributed by atoms with E-state index >= 15 is 0 Å². The molecule has 142 valence electrons. The van der Waals surface area contributed by atoms with Crippen LogP contribution in [0.5, 0.6) is 0 Å². The Bertz CT molecular complexity index is 626. The van der Waals surface area contributed by atoms with Gasteiger partial charge in [0.05, 0.1) is 0 Å². The lowest BCUT2D eigenvalue weighted by Gasteiger charge is -2.31. The van der Waals surface area contributed by atoms with Crippen molar-refractivity contribution in [3.8, 4) is 0 Å². The van der Waals surface area contributed by atoms with Crippen molar-refractivity contribution in [3.63, 3.8) is 0 Å². The van der Waals surface area contributed by atoms with Gasteiger partial charge in [0, 0.05) is 16.7 Å². The van der Waals surface area contributed by atoms with E-state index in [1.165, 1.54) is 63.8 Å². The predicted molar refractivity (Wildman–Crippen MR) is 109 cm³/mol. The van der Waals surface area contributed by atoms with Gasteiger partial charge in [0.25, 0.3) is 0 Å². The molecule has 0 saturated carbocycles. The maximum absolute atomic E-state index is 12.6. The van der Waals surface area contributed by atoms with Gasteiger partial charge in [0.2, 0.25) is 0 Å². The molecule has 26 heavy (non-hydrogen) atoms. The maximum atomic E-state index is 12.6. The van der Waals surface area contributed by atoms with E-state index in [2.05, 4.69) is 13.0 Å². The molecule has 0 N–H and O–H groups in total. The Morgan fingerprint density at radius 2 is 1.73 bits per heavy atom. The summed E-state index contributed by atoms with van der Waals surface area (Å²) in [6.45, 7) is 3.74. The molecule has 1 aromatic rings. The lowest BCUT2D eigenvalue weighted by molar-refractivity contribution is -0.118. The zero-order valence-corrected chi connectivity index (χ0v) is 16.9. The first-order valence-corrected chi connectivity index (χ1v) is 10.7. The summed E-state index contributed by atoms with van der Waals surface area (Å²) >= 11 is 1.48. The molecule has 2 rings (SSSR count). The fourth-order valence-electron chi connectivity index (χ4n) is 3.23. The van der Waals surface area contributed by atoms with E-state index in [-0.39, 0.29) is 11.6 Å². The Hall–Kier alpha value is -1.55. The Balaban J connectivity index is 1.79. The zero-order valence-electron chi connectivity index (χ0n) is 16.1. The summed E-state index contributed by atoms with van der Waals surface area (Å²) in [6, 6.07) is 6.82. The molecular formula is C22H31NO2S. The SMILES string of the molecule is CCCCCCCCCCC=CN1Sc2ccccc2C(=O)C1C(C)=O. The zero-order chi connectivity index (χ0) is 18.8. The van der Waals surface area contributed by atoms with Gasteiger partial charge in [-0.1, -0.05) is 76.1 Å². The topological polar surface area (TPSA) is 37.4 Å². The minimum atomic E-state index is -0.704. The number of rotatable bonds is 11. The van der Waals surface area contributed by atoms with Gasteiger partial charge in [-0.05, 0) is 37.8 Å². The number of hydrogen-bond acceptors (Lipinski definition) is 4. The molecule has 0 aromatic heterocycles. The fourth-order valence-corrected chi connectivity index (χ4v) is 4.36. The van der Waals surface area contributed by atoms with Gasteiger partial charge in [-0.3, -0.25) is 9.59 Å². The number of unbranched alkanes of at least 4 members (excludes halogenated alkanes) is 8. The van der Waals surface area contributed by atoms with Crippen molar-refractivity contribution in [2.24, 2.45) is 0 Å². The molecule has 0 fully saturated rings. The second-order valence-corrected chi connectivity index (χ2v) is 8.02. The number of nitrogens with zero attached hydrogens (tertiary/aromatic N) is 1. The molecule has 1 aromatic carbocycles. The van der Waals surface area contributed by atoms with Crippen LogP contribution in [0.25, 0.3) is 0 Å². The Kier molecular flexibility index (Phi) is 8.96. The van der Waals surface area contributed by atoms with Gasteiger partial charge in [0.1, 0.15) is 0 Å². The van der Waals surface area contributed by atoms with Crippen molar-refractivity contribution in [2.75, 3.05) is 0 Å². The van der Waals surface area contributed by atoms with Gasteiger partial charge in [-0.15, -0.1) is 0 Å². The highest BCUT2D eigenvalue weighted by Gasteiger charge is 2.35. The van der Waals surface area contributed by atoms with E-state index in [1.54, 1.807) is 0 Å². The monoisotopic (exact) mass is 373 g/mol. The molecule has 1 aliphatic rings. The van der Waals surface area contributed by atoms with Crippen molar-refractivity contribution in [2.45, 2.75) is 82.6 Å². The molecule has 1 aliphatic heterocycles. The number of ketones is 2. The summed E-state index contributed by atoms with van der Waals surface area (Å²) < 4.78 is 1.82. The summed E-state index contributed by atoms with van der Waals surface area (Å²) in [5, 5.41) is 0. The minimum absolute atomic E-state index is 0.0939. The second-order valence-electron chi connectivity index (χ2n) is 6.97. The lowest BCUT2D eigenvalue weighted by Crippen LogP contribution is -2.42. The summed E-state index contributed by atoms with van der Waals surface area (Å²) in [5.74, 6) is -0.197. The molecule has 1 heterocycles. The van der Waals surface area contributed by atoms with E-state index in [9.17, 15) is 9.59 Å². The van der Waals surface area contributed by atoms with Crippen LogP contribution in [0.4, 0.5) is 0 Å². The summed E-state index contributed by atoms with van der Waals surface area (Å²) in [5.41, 5.74) is 0.658. The van der Waals surface area contributed by atoms with E-state index in [0.717, 1.165) is 17.7 Å². The summed E-state index contributed by atoms with van der Waals surface area (Å²) in [4.78, 5) is 25.6. The van der Waals surface area contributed by atoms with Crippen molar-refractivity contribution in [1.29, 1.82) is 0 Å². The number of fused-ring (bicyclic) bond motifs is 1. The highest BCUT2D eigenvalue weighted by atomic mass is 32.2. The average Bonchev–Trinajstić information content (AvgIpc) is 2.63. The molecule has 0 spiro atoms. The van der Waals surface area contributed by atoms with Crippen LogP contribution >= 0.6 is 11.9 Å². The third-order valence-corrected chi connectivity index (χ3v) is 5.82. The third-order valence-electron chi connectivity index (χ3n) is 4.72. The van der Waals surface area contributed by atoms with E-state index in [1.807, 2.05) is 34.8 Å². The smallest absolute Gasteiger partial charge is 0.194 e. The number of allylic oxidation sites excluding steroid dienone is 1. The first-order chi connectivity index (χ1) is 12.6. The molecule has 1 atom stereocenters. The predicted octanol–water partition coefficient (Wildman–Crippen LogP) is 6.19. The highest BCUT2D eigenvalue weighted by Crippen LogP contribution is 2.35. The Labute approximate surface area is 162 Å². The largest absolute Gasteiger partial charge is 0.301 e. The van der Waals surface area contributed by atoms with Crippen LogP contribution < -0.4 is 0 Å². The number of hydrogen-bond donors (Lipinski definition) is 0. The molecular weight excluding hydrogens is 342 g/mol. The molecule has 0 saturated heterocycles. The molecule has 0 aliphatic carbocycles. The summed E-state index contributed by atoms with van der Waals surface area (Å²) in [6.07, 6.45) is 15.4. The molecule has 4 heteroatoms. The fraction of sp³-hybridized carbons (Fsp3) is 0.545. The Morgan fingerprint density at radius 3 is 2.42 bits per heavy atom. The highest BCUT2D eigenvalue weighted by molar-refractivity contribution is 7.97. The van der Waals surface area contributed by atoms with Crippen LogP contribution in [0.2, 0.25) is 0 Å². The van der Waals surface area contributed by atoms with Crippen LogP contribution in [-0.2, 0) is 4.79 Å². The second kappa shape index (κ2) is 11.2. The van der Waals surface area contributed by atoms with E-state index in [0.29, 0.717) is 5.56 Å². The number of Topliss-reactive ketones (excluding diaryl/α,β-unsaturated/α-hetero) is 2. The van der Waals surface area contributed by atoms with Crippen LogP contribution in [-0.4, -0.2) is 21.9 Å². The molecule has 0 amide bonds. The summed E-state index contributed by atoms with van der Waals surface area (Å²) in [7, 11) is 0. The number of carbonyl (C=O) groups excluding carboxylic acids is 2. The first kappa shape index (κ1) is 20.8. The van der Waals surface area contributed by atoms with Crippen LogP contribution in [0.1, 0.15) is 82.0 Å². The molecule has 0 radical (unpaired) electrons. The standard InChI is InChI=1S/C22H31NO2S/c1-3-4-5-6-7-8-9-10-11-14-17-23-21(18(2)24)22(25)19-15-12-13-16-20(19)26-23/h12-17,21H,3-11H2,1-2H3. The minimum Gasteiger partial charge on any atom is -0.301 e. The van der Waals surface area contributed by atoms with Gasteiger partial charge < -0.3 is 4.31 Å². The van der Waals surface area contributed by atoms with Gasteiger partial charge >= 0.3 is 0 Å². The van der Waals surface area contributed by atoms with Crippen molar-refractivity contribution in [3.05, 3.63) is 42.1 Å². The van der Waals surface area contributed by atoms with Crippen molar-refractivity contribution < 1.29 is 9.59 Å².